The molecule has 0 amide bonds. The van der Waals surface area contributed by atoms with Crippen LogP contribution in [0.1, 0.15) is 23.6 Å². The van der Waals surface area contributed by atoms with Gasteiger partial charge in [0.1, 0.15) is 0 Å². The van der Waals surface area contributed by atoms with E-state index >= 15 is 0 Å². The number of carbonyl (C=O) groups is 1. The number of carboxylic acids is 1. The van der Waals surface area contributed by atoms with E-state index in [1.807, 2.05) is 31.2 Å². The lowest BCUT2D eigenvalue weighted by molar-refractivity contribution is -0.138. The summed E-state index contributed by atoms with van der Waals surface area (Å²) in [6.07, 6.45) is 0.0144. The number of halogens is 1. The molecule has 0 saturated carbocycles. The Balaban J connectivity index is 0.00000256. The van der Waals surface area contributed by atoms with Crippen LogP contribution in [0.4, 0.5) is 0 Å². The van der Waals surface area contributed by atoms with Crippen molar-refractivity contribution in [3.8, 4) is 0 Å². The van der Waals surface area contributed by atoms with Gasteiger partial charge in [-0.05, 0) is 18.1 Å². The predicted octanol–water partition coefficient (Wildman–Crippen LogP) is 1.91. The molecule has 0 fully saturated rings. The van der Waals surface area contributed by atoms with Gasteiger partial charge in [0.25, 0.3) is 0 Å². The topological polar surface area (TPSA) is 72.5 Å². The number of nitrogens with two attached hydrogens (primary N) is 1. The summed E-state index contributed by atoms with van der Waals surface area (Å²) in [4.78, 5) is 10.3. The number of aliphatic carboxylic acids is 1. The maximum atomic E-state index is 10.3. The first-order valence-corrected chi connectivity index (χ1v) is 5.22. The summed E-state index contributed by atoms with van der Waals surface area (Å²) in [5.74, 6) is -0.857. The van der Waals surface area contributed by atoms with Gasteiger partial charge in [-0.2, -0.15) is 0 Å². The smallest absolute Gasteiger partial charge is 0.305 e. The first-order chi connectivity index (χ1) is 7.61. The normalized spacial score (nSPS) is 11.6. The number of hydrogen-bond acceptors (Lipinski definition) is 3. The van der Waals surface area contributed by atoms with Gasteiger partial charge in [0.15, 0.2) is 0 Å². The second kappa shape index (κ2) is 8.06. The maximum absolute atomic E-state index is 10.3. The molecule has 0 bridgehead atoms. The lowest BCUT2D eigenvalue weighted by Gasteiger charge is -2.14. The molecule has 0 aliphatic carbocycles. The van der Waals surface area contributed by atoms with Crippen LogP contribution in [0.2, 0.25) is 0 Å². The fraction of sp³-hybridized carbons (Fsp3) is 0.417. The zero-order valence-corrected chi connectivity index (χ0v) is 10.6. The molecular weight excluding hydrogens is 242 g/mol. The molecule has 1 aromatic rings. The Morgan fingerprint density at radius 3 is 2.71 bits per heavy atom. The molecule has 1 rings (SSSR count). The molecule has 0 aliphatic heterocycles. The molecule has 4 nitrogen and oxygen atoms in total. The molecule has 0 spiro atoms. The van der Waals surface area contributed by atoms with Gasteiger partial charge in [0, 0.05) is 0 Å². The summed E-state index contributed by atoms with van der Waals surface area (Å²) in [6, 6.07) is 7.64. The predicted molar refractivity (Wildman–Crippen MR) is 68.4 cm³/mol. The highest BCUT2D eigenvalue weighted by molar-refractivity contribution is 5.85. The average Bonchev–Trinajstić information content (AvgIpc) is 2.24. The van der Waals surface area contributed by atoms with Crippen molar-refractivity contribution in [3.63, 3.8) is 0 Å². The van der Waals surface area contributed by atoms with E-state index in [2.05, 4.69) is 0 Å². The van der Waals surface area contributed by atoms with Gasteiger partial charge < -0.3 is 15.6 Å². The zero-order chi connectivity index (χ0) is 12.0. The second-order valence-corrected chi connectivity index (χ2v) is 3.68. The molecule has 0 saturated heterocycles. The highest BCUT2D eigenvalue weighted by Crippen LogP contribution is 2.15. The lowest BCUT2D eigenvalue weighted by atomic mass is 10.0. The second-order valence-electron chi connectivity index (χ2n) is 3.68. The van der Waals surface area contributed by atoms with Crippen molar-refractivity contribution in [2.45, 2.75) is 19.4 Å². The molecule has 17 heavy (non-hydrogen) atoms. The van der Waals surface area contributed by atoms with E-state index in [1.54, 1.807) is 0 Å². The van der Waals surface area contributed by atoms with Gasteiger partial charge in [0.2, 0.25) is 0 Å². The number of benzene rings is 1. The van der Waals surface area contributed by atoms with Gasteiger partial charge >= 0.3 is 5.97 Å². The van der Waals surface area contributed by atoms with Gasteiger partial charge in [-0.15, -0.1) is 12.4 Å². The fourth-order valence-electron chi connectivity index (χ4n) is 1.46. The molecule has 0 heterocycles. The number of aryl methyl sites for hydroxylation is 1. The summed E-state index contributed by atoms with van der Waals surface area (Å²) < 4.78 is 5.21. The highest BCUT2D eigenvalue weighted by atomic mass is 35.5. The Morgan fingerprint density at radius 1 is 1.47 bits per heavy atom. The van der Waals surface area contributed by atoms with Crippen LogP contribution < -0.4 is 5.73 Å². The minimum atomic E-state index is -0.857. The molecule has 3 N–H and O–H groups in total. The molecule has 5 heteroatoms. The van der Waals surface area contributed by atoms with Gasteiger partial charge in [0.05, 0.1) is 25.7 Å². The fourth-order valence-corrected chi connectivity index (χ4v) is 1.46. The van der Waals surface area contributed by atoms with Crippen LogP contribution in [-0.4, -0.2) is 24.3 Å². The van der Waals surface area contributed by atoms with Crippen LogP contribution in [0, 0.1) is 6.92 Å². The molecule has 0 aliphatic rings. The van der Waals surface area contributed by atoms with Gasteiger partial charge in [-0.3, -0.25) is 4.79 Å². The van der Waals surface area contributed by atoms with E-state index in [9.17, 15) is 4.79 Å². The summed E-state index contributed by atoms with van der Waals surface area (Å²) in [7, 11) is 0. The largest absolute Gasteiger partial charge is 0.481 e. The van der Waals surface area contributed by atoms with E-state index in [1.165, 1.54) is 0 Å². The Labute approximate surface area is 107 Å². The summed E-state index contributed by atoms with van der Waals surface area (Å²) >= 11 is 0. The average molecular weight is 260 g/mol. The van der Waals surface area contributed by atoms with Crippen molar-refractivity contribution in [2.75, 3.05) is 13.2 Å². The number of carboxylic acid groups (broad SMARTS) is 1. The van der Waals surface area contributed by atoms with Crippen molar-refractivity contribution in [1.82, 2.24) is 0 Å². The van der Waals surface area contributed by atoms with Crippen LogP contribution in [0.25, 0.3) is 0 Å². The third-order valence-corrected chi connectivity index (χ3v) is 2.35. The Morgan fingerprint density at radius 2 is 2.12 bits per heavy atom. The highest BCUT2D eigenvalue weighted by Gasteiger charge is 2.08. The van der Waals surface area contributed by atoms with E-state index in [0.717, 1.165) is 11.1 Å². The molecule has 0 unspecified atom stereocenters. The summed E-state index contributed by atoms with van der Waals surface area (Å²) in [5, 5.41) is 8.43. The van der Waals surface area contributed by atoms with E-state index in [0.29, 0.717) is 6.61 Å². The Bertz CT molecular complexity index is 357. The Kier molecular flexibility index (Phi) is 7.54. The molecule has 96 valence electrons. The first kappa shape index (κ1) is 15.9. The molecule has 1 aromatic carbocycles. The van der Waals surface area contributed by atoms with Crippen LogP contribution >= 0.6 is 12.4 Å². The Hall–Kier alpha value is -1.10. The SMILES string of the molecule is Cc1ccccc1[C@@H](N)COCCC(=O)O.Cl. The molecule has 1 atom stereocenters. The minimum absolute atomic E-state index is 0. The standard InChI is InChI=1S/C12H17NO3.ClH/c1-9-4-2-3-5-10(9)11(13)8-16-7-6-12(14)15;/h2-5,11H,6-8,13H2,1H3,(H,14,15);1H/t11-;/m0./s1. The molecule has 0 radical (unpaired) electrons. The zero-order valence-electron chi connectivity index (χ0n) is 9.76. The molecular formula is C12H18ClNO3. The first-order valence-electron chi connectivity index (χ1n) is 5.22. The van der Waals surface area contributed by atoms with Crippen molar-refractivity contribution in [2.24, 2.45) is 5.73 Å². The van der Waals surface area contributed by atoms with E-state index < -0.39 is 5.97 Å². The third-order valence-electron chi connectivity index (χ3n) is 2.35. The summed E-state index contributed by atoms with van der Waals surface area (Å²) in [5.41, 5.74) is 8.10. The van der Waals surface area contributed by atoms with E-state index in [-0.39, 0.29) is 31.5 Å². The number of rotatable bonds is 6. The van der Waals surface area contributed by atoms with Crippen LogP contribution in [0.5, 0.6) is 0 Å². The number of hydrogen-bond donors (Lipinski definition) is 2. The van der Waals surface area contributed by atoms with Crippen LogP contribution in [0.3, 0.4) is 0 Å². The maximum Gasteiger partial charge on any atom is 0.305 e. The third kappa shape index (κ3) is 5.68. The monoisotopic (exact) mass is 259 g/mol. The lowest BCUT2D eigenvalue weighted by Crippen LogP contribution is -2.19. The quantitative estimate of drug-likeness (QED) is 0.766. The van der Waals surface area contributed by atoms with Gasteiger partial charge in [-0.25, -0.2) is 0 Å². The van der Waals surface area contributed by atoms with Crippen molar-refractivity contribution in [1.29, 1.82) is 0 Å². The van der Waals surface area contributed by atoms with Crippen LogP contribution in [-0.2, 0) is 9.53 Å². The number of ether oxygens (including phenoxy) is 1. The van der Waals surface area contributed by atoms with Crippen molar-refractivity contribution in [3.05, 3.63) is 35.4 Å². The van der Waals surface area contributed by atoms with Crippen molar-refractivity contribution >= 4 is 18.4 Å². The molecule has 0 aromatic heterocycles. The van der Waals surface area contributed by atoms with Gasteiger partial charge in [-0.1, -0.05) is 24.3 Å². The summed E-state index contributed by atoms with van der Waals surface area (Å²) in [6.45, 7) is 2.54. The minimum Gasteiger partial charge on any atom is -0.481 e. The van der Waals surface area contributed by atoms with Crippen molar-refractivity contribution < 1.29 is 14.6 Å². The van der Waals surface area contributed by atoms with Crippen LogP contribution in [0.15, 0.2) is 24.3 Å². The van der Waals surface area contributed by atoms with E-state index in [4.69, 9.17) is 15.6 Å².